The molecule has 0 saturated heterocycles. The van der Waals surface area contributed by atoms with Crippen LogP contribution in [0.15, 0.2) is 12.1 Å². The quantitative estimate of drug-likeness (QED) is 0.566. The number of benzene rings is 1. The molecule has 0 spiro atoms. The van der Waals surface area contributed by atoms with Crippen LogP contribution in [0.25, 0.3) is 0 Å². The van der Waals surface area contributed by atoms with E-state index in [0.29, 0.717) is 0 Å². The minimum atomic E-state index is -0.666. The van der Waals surface area contributed by atoms with Crippen LogP contribution in [-0.4, -0.2) is 6.10 Å². The molecule has 5 heteroatoms. The van der Waals surface area contributed by atoms with E-state index in [1.165, 1.54) is 22.8 Å². The fourth-order valence-corrected chi connectivity index (χ4v) is 1.87. The van der Waals surface area contributed by atoms with Crippen molar-refractivity contribution in [2.75, 3.05) is 0 Å². The van der Waals surface area contributed by atoms with Crippen molar-refractivity contribution in [3.05, 3.63) is 29.8 Å². The third-order valence-electron chi connectivity index (χ3n) is 2.66. The first-order chi connectivity index (χ1) is 8.25. The van der Waals surface area contributed by atoms with Crippen molar-refractivity contribution in [2.24, 2.45) is 0 Å². The van der Waals surface area contributed by atoms with Gasteiger partial charge in [-0.2, -0.15) is 0 Å². The van der Waals surface area contributed by atoms with Gasteiger partial charge in [0.1, 0.15) is 0 Å². The Labute approximate surface area is 117 Å². The Kier molecular flexibility index (Phi) is 7.21. The predicted molar refractivity (Wildman–Crippen MR) is 61.6 cm³/mol. The first kappa shape index (κ1) is 15.0. The van der Waals surface area contributed by atoms with Crippen LogP contribution >= 0.6 is 13.6 Å². The number of ether oxygens (including phenoxy) is 1. The molecule has 0 radical (unpaired) electrons. The molecule has 1 aliphatic carbocycles. The summed E-state index contributed by atoms with van der Waals surface area (Å²) in [5, 5.41) is 0. The SMILES string of the molecule is Fc1c[c-]c(OC2CCCCC2)c(F)c1.[Zn+][Br]. The first-order valence-corrected chi connectivity index (χ1v) is 12.5. The van der Waals surface area contributed by atoms with Gasteiger partial charge < -0.3 is 4.74 Å². The summed E-state index contributed by atoms with van der Waals surface area (Å²) >= 11 is 4.25. The molecule has 0 unspecified atom stereocenters. The van der Waals surface area contributed by atoms with Gasteiger partial charge in [-0.05, 0) is 25.7 Å². The van der Waals surface area contributed by atoms with Crippen molar-refractivity contribution in [3.63, 3.8) is 0 Å². The maximum atomic E-state index is 13.2. The Bertz CT molecular complexity index is 343. The third kappa shape index (κ3) is 5.01. The molecule has 0 atom stereocenters. The predicted octanol–water partition coefficient (Wildman–Crippen LogP) is 4.32. The molecule has 0 aliphatic heterocycles. The molecular weight excluding hydrogens is 343 g/mol. The monoisotopic (exact) mass is 354 g/mol. The second kappa shape index (κ2) is 8.15. The second-order valence-electron chi connectivity index (χ2n) is 3.87. The van der Waals surface area contributed by atoms with Crippen molar-refractivity contribution in [3.8, 4) is 5.75 Å². The van der Waals surface area contributed by atoms with Crippen LogP contribution in [0.2, 0.25) is 0 Å². The molecule has 90 valence electrons. The third-order valence-corrected chi connectivity index (χ3v) is 2.66. The van der Waals surface area contributed by atoms with Gasteiger partial charge in [-0.3, -0.25) is 8.78 Å². The molecule has 1 aliphatic rings. The fraction of sp³-hybridized carbons (Fsp3) is 0.500. The van der Waals surface area contributed by atoms with Crippen molar-refractivity contribution >= 4 is 13.6 Å². The zero-order chi connectivity index (χ0) is 12.7. The van der Waals surface area contributed by atoms with Crippen LogP contribution in [0.1, 0.15) is 32.1 Å². The summed E-state index contributed by atoms with van der Waals surface area (Å²) in [4.78, 5) is 0. The van der Waals surface area contributed by atoms with Gasteiger partial charge in [-0.15, -0.1) is 12.1 Å². The van der Waals surface area contributed by atoms with Crippen molar-refractivity contribution in [1.29, 1.82) is 0 Å². The average Bonchev–Trinajstić information content (AvgIpc) is 2.37. The Morgan fingerprint density at radius 3 is 2.47 bits per heavy atom. The van der Waals surface area contributed by atoms with Crippen LogP contribution in [0.3, 0.4) is 0 Å². The van der Waals surface area contributed by atoms with E-state index in [4.69, 9.17) is 4.74 Å². The van der Waals surface area contributed by atoms with E-state index in [2.05, 4.69) is 19.7 Å². The Hall–Kier alpha value is -0.0166. The molecule has 0 N–H and O–H groups in total. The first-order valence-electron chi connectivity index (χ1n) is 5.56. The molecule has 0 heterocycles. The average molecular weight is 357 g/mol. The second-order valence-corrected chi connectivity index (χ2v) is 3.87. The van der Waals surface area contributed by atoms with Gasteiger partial charge >= 0.3 is 30.0 Å². The van der Waals surface area contributed by atoms with E-state index in [0.717, 1.165) is 37.8 Å². The molecule has 0 bridgehead atoms. The van der Waals surface area contributed by atoms with Gasteiger partial charge in [0.2, 0.25) is 0 Å². The van der Waals surface area contributed by atoms with Crippen LogP contribution in [-0.2, 0) is 16.3 Å². The number of hydrogen-bond acceptors (Lipinski definition) is 1. The zero-order valence-electron chi connectivity index (χ0n) is 9.52. The summed E-state index contributed by atoms with van der Waals surface area (Å²) in [5.74, 6) is -1.24. The Morgan fingerprint density at radius 1 is 1.24 bits per heavy atom. The minimum absolute atomic E-state index is 0.0447. The molecule has 1 fully saturated rings. The van der Waals surface area contributed by atoms with Gasteiger partial charge in [0, 0.05) is 11.6 Å². The molecule has 1 saturated carbocycles. The normalized spacial score (nSPS) is 16.1. The van der Waals surface area contributed by atoms with Gasteiger partial charge in [0.15, 0.2) is 0 Å². The molecule has 2 rings (SSSR count). The van der Waals surface area contributed by atoms with E-state index in [9.17, 15) is 8.78 Å². The molecule has 1 nitrogen and oxygen atoms in total. The van der Waals surface area contributed by atoms with E-state index in [1.54, 1.807) is 0 Å². The number of rotatable bonds is 2. The molecule has 17 heavy (non-hydrogen) atoms. The van der Waals surface area contributed by atoms with Gasteiger partial charge in [-0.1, -0.05) is 12.5 Å². The van der Waals surface area contributed by atoms with E-state index >= 15 is 0 Å². The maximum absolute atomic E-state index is 13.2. The Morgan fingerprint density at radius 2 is 1.88 bits per heavy atom. The number of halogens is 3. The van der Waals surface area contributed by atoms with E-state index in [-0.39, 0.29) is 11.9 Å². The fourth-order valence-electron chi connectivity index (χ4n) is 1.87. The zero-order valence-corrected chi connectivity index (χ0v) is 14.1. The van der Waals surface area contributed by atoms with Crippen LogP contribution in [0.5, 0.6) is 5.75 Å². The van der Waals surface area contributed by atoms with E-state index < -0.39 is 11.6 Å². The van der Waals surface area contributed by atoms with Gasteiger partial charge in [0.25, 0.3) is 0 Å². The van der Waals surface area contributed by atoms with E-state index in [1.807, 2.05) is 0 Å². The molecule has 0 amide bonds. The Balaban J connectivity index is 0.000000686. The van der Waals surface area contributed by atoms with Crippen molar-refractivity contribution in [2.45, 2.75) is 38.2 Å². The summed E-state index contributed by atoms with van der Waals surface area (Å²) in [6.07, 6.45) is 5.42. The van der Waals surface area contributed by atoms with Crippen LogP contribution in [0.4, 0.5) is 8.78 Å². The number of hydrogen-bond donors (Lipinski definition) is 0. The van der Waals surface area contributed by atoms with Gasteiger partial charge in [-0.25, -0.2) is 0 Å². The summed E-state index contributed by atoms with van der Waals surface area (Å²) in [6.45, 7) is 0. The van der Waals surface area contributed by atoms with Gasteiger partial charge in [0.05, 0.1) is 11.9 Å². The summed E-state index contributed by atoms with van der Waals surface area (Å²) in [6, 6.07) is 4.41. The molecule has 1 aromatic rings. The summed E-state index contributed by atoms with van der Waals surface area (Å²) < 4.78 is 31.3. The van der Waals surface area contributed by atoms with Crippen LogP contribution in [0, 0.1) is 17.7 Å². The van der Waals surface area contributed by atoms with Crippen LogP contribution < -0.4 is 4.74 Å². The molecule has 1 aromatic carbocycles. The topological polar surface area (TPSA) is 9.23 Å². The molecule has 0 aromatic heterocycles. The summed E-state index contributed by atoms with van der Waals surface area (Å²) in [7, 11) is 0. The standard InChI is InChI=1S/C12H13F2O.BrH.Zn/c13-9-6-7-12(11(14)8-9)15-10-4-2-1-3-5-10;;/h6,8,10H,1-5H2;1H;/q-1;;+2/p-1. The van der Waals surface area contributed by atoms with Crippen molar-refractivity contribution in [1.82, 2.24) is 0 Å². The summed E-state index contributed by atoms with van der Waals surface area (Å²) in [5.41, 5.74) is 0. The van der Waals surface area contributed by atoms with Crippen molar-refractivity contribution < 1.29 is 29.9 Å². The molecular formula is C12H13BrF2OZn.